The Labute approximate surface area is 114 Å². The number of nitrogens with zero attached hydrogens (tertiary/aromatic N) is 2. The summed E-state index contributed by atoms with van der Waals surface area (Å²) < 4.78 is 1.45. The molecule has 0 fully saturated rings. The van der Waals surface area contributed by atoms with Crippen LogP contribution in [0.1, 0.15) is 32.3 Å². The van der Waals surface area contributed by atoms with E-state index in [-0.39, 0.29) is 11.1 Å². The number of thiazole rings is 1. The van der Waals surface area contributed by atoms with E-state index in [9.17, 15) is 14.7 Å². The van der Waals surface area contributed by atoms with Crippen LogP contribution in [0.15, 0.2) is 16.2 Å². The predicted molar refractivity (Wildman–Crippen MR) is 73.1 cm³/mol. The minimum absolute atomic E-state index is 0.187. The van der Waals surface area contributed by atoms with Gasteiger partial charge in [0.2, 0.25) is 0 Å². The van der Waals surface area contributed by atoms with Crippen LogP contribution in [0, 0.1) is 20.8 Å². The largest absolute Gasteiger partial charge is 0.478 e. The number of hydrogen-bond acceptors (Lipinski definition) is 4. The number of aromatic nitrogens is 2. The number of carbonyl (C=O) groups is 1. The SMILES string of the molecule is Cc1nc(Cn2c(C)c(C(=O)O)c(C)cc2=O)cs1. The molecule has 0 spiro atoms. The van der Waals surface area contributed by atoms with Gasteiger partial charge in [-0.05, 0) is 26.3 Å². The summed E-state index contributed by atoms with van der Waals surface area (Å²) in [6.07, 6.45) is 0. The van der Waals surface area contributed by atoms with Crippen molar-refractivity contribution in [2.24, 2.45) is 0 Å². The van der Waals surface area contributed by atoms with Crippen molar-refractivity contribution in [1.82, 2.24) is 9.55 Å². The third kappa shape index (κ3) is 2.58. The van der Waals surface area contributed by atoms with E-state index in [1.807, 2.05) is 12.3 Å². The number of rotatable bonds is 3. The van der Waals surface area contributed by atoms with Crippen LogP contribution in [0.5, 0.6) is 0 Å². The number of carboxylic acid groups (broad SMARTS) is 1. The van der Waals surface area contributed by atoms with E-state index in [2.05, 4.69) is 4.98 Å². The zero-order valence-corrected chi connectivity index (χ0v) is 11.7. The van der Waals surface area contributed by atoms with E-state index < -0.39 is 5.97 Å². The van der Waals surface area contributed by atoms with Gasteiger partial charge in [0.15, 0.2) is 0 Å². The van der Waals surface area contributed by atoms with Crippen LogP contribution >= 0.6 is 11.3 Å². The first-order chi connectivity index (χ1) is 8.90. The molecule has 0 saturated heterocycles. The van der Waals surface area contributed by atoms with E-state index in [0.717, 1.165) is 10.7 Å². The van der Waals surface area contributed by atoms with Crippen LogP contribution in [0.4, 0.5) is 0 Å². The second kappa shape index (κ2) is 4.97. The Morgan fingerprint density at radius 1 is 1.42 bits per heavy atom. The van der Waals surface area contributed by atoms with Crippen LogP contribution in [0.25, 0.3) is 0 Å². The molecule has 0 radical (unpaired) electrons. The van der Waals surface area contributed by atoms with Crippen LogP contribution in [-0.2, 0) is 6.54 Å². The van der Waals surface area contributed by atoms with Crippen molar-refractivity contribution in [2.75, 3.05) is 0 Å². The Kier molecular flexibility index (Phi) is 3.53. The van der Waals surface area contributed by atoms with Crippen LogP contribution in [0.3, 0.4) is 0 Å². The highest BCUT2D eigenvalue weighted by Crippen LogP contribution is 2.14. The third-order valence-electron chi connectivity index (χ3n) is 2.97. The average Bonchev–Trinajstić information content (AvgIpc) is 2.69. The lowest BCUT2D eigenvalue weighted by Crippen LogP contribution is -2.26. The van der Waals surface area contributed by atoms with Crippen molar-refractivity contribution < 1.29 is 9.90 Å². The fourth-order valence-electron chi connectivity index (χ4n) is 2.08. The Hall–Kier alpha value is -1.95. The predicted octanol–water partition coefficient (Wildman–Crippen LogP) is 1.98. The first-order valence-electron chi connectivity index (χ1n) is 5.75. The summed E-state index contributed by atoms with van der Waals surface area (Å²) in [6.45, 7) is 5.48. The van der Waals surface area contributed by atoms with Crippen molar-refractivity contribution in [3.63, 3.8) is 0 Å². The topological polar surface area (TPSA) is 72.2 Å². The van der Waals surface area contributed by atoms with Crippen molar-refractivity contribution in [3.05, 3.63) is 49.3 Å². The molecule has 6 heteroatoms. The van der Waals surface area contributed by atoms with E-state index in [1.165, 1.54) is 22.0 Å². The van der Waals surface area contributed by atoms with Gasteiger partial charge in [0.1, 0.15) is 0 Å². The summed E-state index contributed by atoms with van der Waals surface area (Å²) in [5.74, 6) is -1.02. The van der Waals surface area contributed by atoms with Crippen LogP contribution in [-0.4, -0.2) is 20.6 Å². The molecule has 2 rings (SSSR count). The van der Waals surface area contributed by atoms with Gasteiger partial charge in [0.05, 0.1) is 22.8 Å². The number of hydrogen-bond donors (Lipinski definition) is 1. The number of aromatic carboxylic acids is 1. The quantitative estimate of drug-likeness (QED) is 0.931. The van der Waals surface area contributed by atoms with Gasteiger partial charge in [0.25, 0.3) is 5.56 Å². The maximum Gasteiger partial charge on any atom is 0.337 e. The van der Waals surface area contributed by atoms with Gasteiger partial charge in [-0.25, -0.2) is 9.78 Å². The first-order valence-corrected chi connectivity index (χ1v) is 6.63. The molecule has 1 N–H and O–H groups in total. The molecular weight excluding hydrogens is 264 g/mol. The monoisotopic (exact) mass is 278 g/mol. The lowest BCUT2D eigenvalue weighted by atomic mass is 10.1. The molecule has 2 aromatic rings. The molecule has 0 amide bonds. The summed E-state index contributed by atoms with van der Waals surface area (Å²) in [4.78, 5) is 27.5. The first kappa shape index (κ1) is 13.5. The Morgan fingerprint density at radius 3 is 2.63 bits per heavy atom. The molecular formula is C13H14N2O3S. The van der Waals surface area contributed by atoms with Crippen LogP contribution in [0.2, 0.25) is 0 Å². The highest BCUT2D eigenvalue weighted by Gasteiger charge is 2.16. The van der Waals surface area contributed by atoms with Gasteiger partial charge in [-0.3, -0.25) is 4.79 Å². The van der Waals surface area contributed by atoms with Gasteiger partial charge in [-0.1, -0.05) is 0 Å². The van der Waals surface area contributed by atoms with Crippen molar-refractivity contribution in [2.45, 2.75) is 27.3 Å². The van der Waals surface area contributed by atoms with Gasteiger partial charge >= 0.3 is 5.97 Å². The average molecular weight is 278 g/mol. The summed E-state index contributed by atoms with van der Waals surface area (Å²) in [5, 5.41) is 12.0. The normalized spacial score (nSPS) is 10.7. The second-order valence-corrected chi connectivity index (χ2v) is 5.44. The lowest BCUT2D eigenvalue weighted by molar-refractivity contribution is 0.0694. The standard InChI is InChI=1S/C13H14N2O3S/c1-7-4-11(16)15(8(2)12(7)13(17)18)5-10-6-19-9(3)14-10/h4,6H,5H2,1-3H3,(H,17,18). The van der Waals surface area contributed by atoms with Gasteiger partial charge < -0.3 is 9.67 Å². The van der Waals surface area contributed by atoms with E-state index in [1.54, 1.807) is 13.8 Å². The minimum Gasteiger partial charge on any atom is -0.478 e. The third-order valence-corrected chi connectivity index (χ3v) is 3.79. The van der Waals surface area contributed by atoms with E-state index in [0.29, 0.717) is 17.8 Å². The van der Waals surface area contributed by atoms with Crippen molar-refractivity contribution in [1.29, 1.82) is 0 Å². The zero-order valence-electron chi connectivity index (χ0n) is 10.9. The molecule has 0 aliphatic carbocycles. The molecule has 100 valence electrons. The highest BCUT2D eigenvalue weighted by molar-refractivity contribution is 7.09. The summed E-state index contributed by atoms with van der Waals surface area (Å²) >= 11 is 1.51. The zero-order chi connectivity index (χ0) is 14.2. The van der Waals surface area contributed by atoms with Crippen molar-refractivity contribution in [3.8, 4) is 0 Å². The molecule has 0 saturated carbocycles. The Bertz CT molecular complexity index is 700. The maximum absolute atomic E-state index is 12.0. The van der Waals surface area contributed by atoms with Crippen molar-refractivity contribution >= 4 is 17.3 Å². The summed E-state index contributed by atoms with van der Waals surface area (Å²) in [7, 11) is 0. The maximum atomic E-state index is 12.0. The molecule has 5 nitrogen and oxygen atoms in total. The van der Waals surface area contributed by atoms with E-state index >= 15 is 0 Å². The van der Waals surface area contributed by atoms with Gasteiger partial charge in [0, 0.05) is 17.1 Å². The smallest absolute Gasteiger partial charge is 0.337 e. The van der Waals surface area contributed by atoms with Gasteiger partial charge in [-0.2, -0.15) is 0 Å². The van der Waals surface area contributed by atoms with Gasteiger partial charge in [-0.15, -0.1) is 11.3 Å². The summed E-state index contributed by atoms with van der Waals surface area (Å²) in [5.41, 5.74) is 1.70. The number of aryl methyl sites for hydroxylation is 2. The fourth-order valence-corrected chi connectivity index (χ4v) is 2.69. The Morgan fingerprint density at radius 2 is 2.11 bits per heavy atom. The molecule has 0 atom stereocenters. The lowest BCUT2D eigenvalue weighted by Gasteiger charge is -2.12. The molecule has 0 unspecified atom stereocenters. The molecule has 0 aliphatic rings. The highest BCUT2D eigenvalue weighted by atomic mass is 32.1. The summed E-state index contributed by atoms with van der Waals surface area (Å²) in [6, 6.07) is 1.36. The molecule has 2 heterocycles. The van der Waals surface area contributed by atoms with Crippen LogP contribution < -0.4 is 5.56 Å². The van der Waals surface area contributed by atoms with E-state index in [4.69, 9.17) is 0 Å². The molecule has 0 bridgehead atoms. The fraction of sp³-hybridized carbons (Fsp3) is 0.308. The molecule has 2 aromatic heterocycles. The molecule has 0 aromatic carbocycles. The number of carboxylic acids is 1. The minimum atomic E-state index is -1.02. The molecule has 19 heavy (non-hydrogen) atoms. The number of pyridine rings is 1. The Balaban J connectivity index is 2.54. The molecule has 0 aliphatic heterocycles. The second-order valence-electron chi connectivity index (χ2n) is 4.38.